The number of rotatable bonds is 2. The molecule has 0 radical (unpaired) electrons. The van der Waals surface area contributed by atoms with E-state index in [9.17, 15) is 18.0 Å². The van der Waals surface area contributed by atoms with Crippen LogP contribution in [0.25, 0.3) is 11.1 Å². The quantitative estimate of drug-likeness (QED) is 0.677. The van der Waals surface area contributed by atoms with Gasteiger partial charge in [-0.15, -0.1) is 0 Å². The van der Waals surface area contributed by atoms with Gasteiger partial charge in [0.05, 0.1) is 5.56 Å². The summed E-state index contributed by atoms with van der Waals surface area (Å²) in [6, 6.07) is 8.99. The lowest BCUT2D eigenvalue weighted by Crippen LogP contribution is -2.08. The van der Waals surface area contributed by atoms with E-state index in [-0.39, 0.29) is 21.7 Å². The van der Waals surface area contributed by atoms with E-state index in [4.69, 9.17) is 23.2 Å². The van der Waals surface area contributed by atoms with Crippen LogP contribution in [0.3, 0.4) is 0 Å². The molecule has 0 saturated heterocycles. The maximum absolute atomic E-state index is 13.0. The summed E-state index contributed by atoms with van der Waals surface area (Å²) < 4.78 is 39.0. The van der Waals surface area contributed by atoms with Crippen LogP contribution >= 0.6 is 23.2 Å². The lowest BCUT2D eigenvalue weighted by atomic mass is 9.95. The fourth-order valence-electron chi connectivity index (χ4n) is 1.88. The zero-order valence-electron chi connectivity index (χ0n) is 9.84. The molecule has 0 fully saturated rings. The van der Waals surface area contributed by atoms with Gasteiger partial charge in [0.15, 0.2) is 0 Å². The molecule has 104 valence electrons. The highest BCUT2D eigenvalue weighted by Crippen LogP contribution is 2.38. The van der Waals surface area contributed by atoms with E-state index in [1.807, 2.05) is 0 Å². The minimum atomic E-state index is -4.52. The third-order valence-electron chi connectivity index (χ3n) is 2.72. The van der Waals surface area contributed by atoms with E-state index >= 15 is 0 Å². The molecule has 0 bridgehead atoms. The van der Waals surface area contributed by atoms with E-state index in [2.05, 4.69) is 0 Å². The molecule has 0 heterocycles. The van der Waals surface area contributed by atoms with Crippen molar-refractivity contribution in [2.75, 3.05) is 0 Å². The van der Waals surface area contributed by atoms with Crippen molar-refractivity contribution in [2.45, 2.75) is 6.18 Å². The van der Waals surface area contributed by atoms with Crippen LogP contribution in [0.1, 0.15) is 15.9 Å². The minimum absolute atomic E-state index is 0.0594. The monoisotopic (exact) mass is 318 g/mol. The van der Waals surface area contributed by atoms with Gasteiger partial charge >= 0.3 is 6.18 Å². The Morgan fingerprint density at radius 1 is 1.00 bits per heavy atom. The summed E-state index contributed by atoms with van der Waals surface area (Å²) in [6.07, 6.45) is -4.52. The number of halogens is 5. The predicted molar refractivity (Wildman–Crippen MR) is 72.1 cm³/mol. The molecule has 0 unspecified atom stereocenters. The average molecular weight is 319 g/mol. The molecule has 0 aliphatic rings. The Kier molecular flexibility index (Phi) is 4.06. The highest BCUT2D eigenvalue weighted by molar-refractivity contribution is 6.68. The van der Waals surface area contributed by atoms with E-state index in [0.717, 1.165) is 6.07 Å². The molecule has 1 nitrogen and oxygen atoms in total. The molecule has 0 aliphatic heterocycles. The van der Waals surface area contributed by atoms with Crippen molar-refractivity contribution in [3.8, 4) is 11.1 Å². The number of hydrogen-bond acceptors (Lipinski definition) is 1. The summed E-state index contributed by atoms with van der Waals surface area (Å²) in [7, 11) is 0. The Bertz CT molecular complexity index is 666. The lowest BCUT2D eigenvalue weighted by molar-refractivity contribution is -0.137. The van der Waals surface area contributed by atoms with Gasteiger partial charge in [0.1, 0.15) is 0 Å². The van der Waals surface area contributed by atoms with Crippen molar-refractivity contribution in [3.63, 3.8) is 0 Å². The second-order valence-corrected chi connectivity index (χ2v) is 4.79. The number of hydrogen-bond donors (Lipinski definition) is 0. The van der Waals surface area contributed by atoms with Crippen LogP contribution in [-0.4, -0.2) is 5.24 Å². The first-order valence-electron chi connectivity index (χ1n) is 5.46. The highest BCUT2D eigenvalue weighted by Gasteiger charge is 2.34. The third kappa shape index (κ3) is 2.97. The Morgan fingerprint density at radius 2 is 1.65 bits per heavy atom. The van der Waals surface area contributed by atoms with Gasteiger partial charge in [0, 0.05) is 10.6 Å². The van der Waals surface area contributed by atoms with Crippen molar-refractivity contribution in [1.82, 2.24) is 0 Å². The number of benzene rings is 2. The van der Waals surface area contributed by atoms with Crippen LogP contribution in [0, 0.1) is 0 Å². The first-order chi connectivity index (χ1) is 9.30. The van der Waals surface area contributed by atoms with Gasteiger partial charge in [-0.2, -0.15) is 13.2 Å². The molecule has 0 amide bonds. The number of alkyl halides is 3. The molecule has 2 aromatic carbocycles. The van der Waals surface area contributed by atoms with Gasteiger partial charge in [-0.25, -0.2) is 0 Å². The Hall–Kier alpha value is -1.52. The van der Waals surface area contributed by atoms with Crippen molar-refractivity contribution >= 4 is 28.4 Å². The summed E-state index contributed by atoms with van der Waals surface area (Å²) in [4.78, 5) is 11.4. The molecule has 2 aromatic rings. The van der Waals surface area contributed by atoms with Crippen molar-refractivity contribution in [1.29, 1.82) is 0 Å². The second-order valence-electron chi connectivity index (χ2n) is 4.01. The number of carbonyl (C=O) groups excluding carboxylic acids is 1. The summed E-state index contributed by atoms with van der Waals surface area (Å²) in [5, 5.41) is -0.637. The van der Waals surface area contributed by atoms with Gasteiger partial charge in [-0.05, 0) is 40.9 Å². The van der Waals surface area contributed by atoms with Crippen molar-refractivity contribution in [2.24, 2.45) is 0 Å². The fourth-order valence-corrected chi connectivity index (χ4v) is 2.21. The fraction of sp³-hybridized carbons (Fsp3) is 0.0714. The topological polar surface area (TPSA) is 17.1 Å². The number of carbonyl (C=O) groups is 1. The van der Waals surface area contributed by atoms with Crippen LogP contribution in [0.2, 0.25) is 5.02 Å². The first kappa shape index (κ1) is 14.9. The summed E-state index contributed by atoms with van der Waals surface area (Å²) in [6.45, 7) is 0. The highest BCUT2D eigenvalue weighted by atomic mass is 35.5. The molecule has 0 spiro atoms. The van der Waals surface area contributed by atoms with Gasteiger partial charge < -0.3 is 0 Å². The van der Waals surface area contributed by atoms with Crippen molar-refractivity contribution < 1.29 is 18.0 Å². The maximum Gasteiger partial charge on any atom is 0.417 e. The van der Waals surface area contributed by atoms with E-state index in [1.54, 1.807) is 0 Å². The summed E-state index contributed by atoms with van der Waals surface area (Å²) in [5.74, 6) is 0. The molecule has 0 atom stereocenters. The van der Waals surface area contributed by atoms with Crippen LogP contribution < -0.4 is 0 Å². The largest absolute Gasteiger partial charge is 0.417 e. The van der Waals surface area contributed by atoms with E-state index in [0.29, 0.717) is 0 Å². The van der Waals surface area contributed by atoms with Gasteiger partial charge in [-0.3, -0.25) is 4.79 Å². The lowest BCUT2D eigenvalue weighted by Gasteiger charge is -2.14. The van der Waals surface area contributed by atoms with Gasteiger partial charge in [0.25, 0.3) is 5.24 Å². The maximum atomic E-state index is 13.0. The molecular formula is C14H7Cl2F3O. The van der Waals surface area contributed by atoms with Gasteiger partial charge in [0.2, 0.25) is 0 Å². The third-order valence-corrected chi connectivity index (χ3v) is 3.15. The SMILES string of the molecule is O=C(Cl)c1cc(Cl)ccc1-c1ccccc1C(F)(F)F. The Labute approximate surface area is 122 Å². The molecule has 0 aromatic heterocycles. The second kappa shape index (κ2) is 5.46. The molecule has 20 heavy (non-hydrogen) atoms. The first-order valence-corrected chi connectivity index (χ1v) is 6.22. The Balaban J connectivity index is 2.73. The molecule has 0 N–H and O–H groups in total. The predicted octanol–water partition coefficient (Wildman–Crippen LogP) is 5.40. The van der Waals surface area contributed by atoms with Crippen LogP contribution in [-0.2, 0) is 6.18 Å². The molecule has 0 aliphatic carbocycles. The average Bonchev–Trinajstić information content (AvgIpc) is 2.37. The minimum Gasteiger partial charge on any atom is -0.276 e. The van der Waals surface area contributed by atoms with Gasteiger partial charge in [-0.1, -0.05) is 35.9 Å². The normalized spacial score (nSPS) is 11.4. The van der Waals surface area contributed by atoms with Crippen LogP contribution in [0.15, 0.2) is 42.5 Å². The van der Waals surface area contributed by atoms with E-state index in [1.165, 1.54) is 36.4 Å². The molecule has 2 rings (SSSR count). The van der Waals surface area contributed by atoms with Crippen LogP contribution in [0.4, 0.5) is 13.2 Å². The van der Waals surface area contributed by atoms with E-state index < -0.39 is 17.0 Å². The zero-order valence-corrected chi connectivity index (χ0v) is 11.4. The standard InChI is InChI=1S/C14H7Cl2F3O/c15-8-5-6-9(11(7-8)13(16)20)10-3-1-2-4-12(10)14(17,18)19/h1-7H. The Morgan fingerprint density at radius 3 is 2.25 bits per heavy atom. The molecule has 6 heteroatoms. The molecular weight excluding hydrogens is 312 g/mol. The zero-order chi connectivity index (χ0) is 14.9. The summed E-state index contributed by atoms with van der Waals surface area (Å²) >= 11 is 11.2. The van der Waals surface area contributed by atoms with Crippen molar-refractivity contribution in [3.05, 3.63) is 58.6 Å². The molecule has 0 saturated carbocycles. The smallest absolute Gasteiger partial charge is 0.276 e. The summed E-state index contributed by atoms with van der Waals surface area (Å²) in [5.41, 5.74) is -0.902. The van der Waals surface area contributed by atoms with Crippen LogP contribution in [0.5, 0.6) is 0 Å².